The van der Waals surface area contributed by atoms with E-state index in [-0.39, 0.29) is 0 Å². The summed E-state index contributed by atoms with van der Waals surface area (Å²) in [7, 11) is 0. The molecule has 2 heterocycles. The zero-order valence-corrected chi connectivity index (χ0v) is 9.34. The van der Waals surface area contributed by atoms with Crippen LogP contribution in [0.25, 0.3) is 0 Å². The smallest absolute Gasteiger partial charge is 0.157 e. The van der Waals surface area contributed by atoms with Crippen LogP contribution in [-0.2, 0) is 13.0 Å². The van der Waals surface area contributed by atoms with Crippen molar-refractivity contribution in [2.24, 2.45) is 0 Å². The highest BCUT2D eigenvalue weighted by molar-refractivity contribution is 5.13. The molecule has 0 N–H and O–H groups in total. The van der Waals surface area contributed by atoms with Crippen molar-refractivity contribution in [3.05, 3.63) is 42.5 Å². The van der Waals surface area contributed by atoms with Crippen molar-refractivity contribution in [2.45, 2.75) is 19.9 Å². The second-order valence-corrected chi connectivity index (χ2v) is 3.49. The molecule has 0 aliphatic carbocycles. The Balaban J connectivity index is 1.80. The minimum Gasteiger partial charge on any atom is -0.490 e. The van der Waals surface area contributed by atoms with Crippen LogP contribution in [0.1, 0.15) is 12.5 Å². The normalized spacial score (nSPS) is 10.3. The Morgan fingerprint density at radius 1 is 1.31 bits per heavy atom. The summed E-state index contributed by atoms with van der Waals surface area (Å²) < 4.78 is 7.44. The van der Waals surface area contributed by atoms with Crippen LogP contribution < -0.4 is 4.74 Å². The first kappa shape index (κ1) is 10.7. The third-order valence-electron chi connectivity index (χ3n) is 2.34. The van der Waals surface area contributed by atoms with Crippen LogP contribution in [0.2, 0.25) is 0 Å². The monoisotopic (exact) mass is 217 g/mol. The number of aryl methyl sites for hydroxylation is 1. The van der Waals surface area contributed by atoms with E-state index >= 15 is 0 Å². The van der Waals surface area contributed by atoms with Gasteiger partial charge in [-0.2, -0.15) is 5.10 Å². The van der Waals surface area contributed by atoms with Crippen molar-refractivity contribution in [1.82, 2.24) is 14.8 Å². The molecule has 84 valence electrons. The van der Waals surface area contributed by atoms with Crippen molar-refractivity contribution in [2.75, 3.05) is 6.61 Å². The average molecular weight is 217 g/mol. The van der Waals surface area contributed by atoms with Gasteiger partial charge in [0.15, 0.2) is 5.75 Å². The predicted molar refractivity (Wildman–Crippen MR) is 61.3 cm³/mol. The minimum absolute atomic E-state index is 0.666. The maximum Gasteiger partial charge on any atom is 0.157 e. The van der Waals surface area contributed by atoms with Crippen LogP contribution in [0.3, 0.4) is 0 Å². The van der Waals surface area contributed by atoms with Crippen molar-refractivity contribution >= 4 is 0 Å². The van der Waals surface area contributed by atoms with Gasteiger partial charge in [-0.25, -0.2) is 0 Å². The SMILES string of the molecule is CCn1cc(OCCc2ccncc2)cn1. The Morgan fingerprint density at radius 3 is 2.81 bits per heavy atom. The molecule has 0 radical (unpaired) electrons. The molecule has 2 aromatic rings. The Kier molecular flexibility index (Phi) is 3.53. The lowest BCUT2D eigenvalue weighted by Gasteiger charge is -2.02. The molecule has 0 saturated heterocycles. The largest absolute Gasteiger partial charge is 0.490 e. The third-order valence-corrected chi connectivity index (χ3v) is 2.34. The second-order valence-electron chi connectivity index (χ2n) is 3.49. The van der Waals surface area contributed by atoms with Crippen LogP contribution in [0, 0.1) is 0 Å². The fraction of sp³-hybridized carbons (Fsp3) is 0.333. The van der Waals surface area contributed by atoms with E-state index in [0.717, 1.165) is 18.7 Å². The fourth-order valence-electron chi connectivity index (χ4n) is 1.43. The molecule has 2 rings (SSSR count). The average Bonchev–Trinajstić information content (AvgIpc) is 2.78. The summed E-state index contributed by atoms with van der Waals surface area (Å²) in [5, 5.41) is 4.14. The maximum atomic E-state index is 5.59. The lowest BCUT2D eigenvalue weighted by molar-refractivity contribution is 0.321. The number of nitrogens with zero attached hydrogens (tertiary/aromatic N) is 3. The molecule has 0 amide bonds. The molecule has 4 nitrogen and oxygen atoms in total. The van der Waals surface area contributed by atoms with Gasteiger partial charge in [0.25, 0.3) is 0 Å². The Morgan fingerprint density at radius 2 is 2.12 bits per heavy atom. The van der Waals surface area contributed by atoms with Crippen LogP contribution in [0.15, 0.2) is 36.9 Å². The summed E-state index contributed by atoms with van der Waals surface area (Å²) in [5.41, 5.74) is 1.23. The molecular formula is C12H15N3O. The summed E-state index contributed by atoms with van der Waals surface area (Å²) in [5.74, 6) is 0.830. The molecule has 0 aliphatic heterocycles. The van der Waals surface area contributed by atoms with E-state index in [1.807, 2.05) is 29.9 Å². The Labute approximate surface area is 94.9 Å². The Bertz CT molecular complexity index is 425. The summed E-state index contributed by atoms with van der Waals surface area (Å²) >= 11 is 0. The number of rotatable bonds is 5. The number of ether oxygens (including phenoxy) is 1. The van der Waals surface area contributed by atoms with Gasteiger partial charge in [0.1, 0.15) is 0 Å². The highest BCUT2D eigenvalue weighted by Gasteiger charge is 1.98. The lowest BCUT2D eigenvalue weighted by Crippen LogP contribution is -2.00. The first-order valence-electron chi connectivity index (χ1n) is 5.42. The molecule has 0 fully saturated rings. The third kappa shape index (κ3) is 2.82. The summed E-state index contributed by atoms with van der Waals surface area (Å²) in [6.45, 7) is 3.58. The molecule has 0 atom stereocenters. The van der Waals surface area contributed by atoms with E-state index < -0.39 is 0 Å². The number of aromatic nitrogens is 3. The zero-order chi connectivity index (χ0) is 11.2. The van der Waals surface area contributed by atoms with Gasteiger partial charge in [-0.1, -0.05) is 0 Å². The van der Waals surface area contributed by atoms with E-state index in [0.29, 0.717) is 6.61 Å². The summed E-state index contributed by atoms with van der Waals surface area (Å²) in [6.07, 6.45) is 8.14. The molecule has 0 unspecified atom stereocenters. The molecule has 0 bridgehead atoms. The standard InChI is InChI=1S/C12H15N3O/c1-2-15-10-12(9-14-15)16-8-5-11-3-6-13-7-4-11/h3-4,6-7,9-10H,2,5,8H2,1H3. The van der Waals surface area contributed by atoms with Crippen molar-refractivity contribution in [3.63, 3.8) is 0 Å². The molecule has 0 saturated carbocycles. The van der Waals surface area contributed by atoms with Gasteiger partial charge in [0.2, 0.25) is 0 Å². The first-order valence-corrected chi connectivity index (χ1v) is 5.42. The quantitative estimate of drug-likeness (QED) is 0.768. The van der Waals surface area contributed by atoms with Crippen LogP contribution in [0.5, 0.6) is 5.75 Å². The molecule has 0 aromatic carbocycles. The molecule has 2 aromatic heterocycles. The highest BCUT2D eigenvalue weighted by Crippen LogP contribution is 2.08. The first-order chi connectivity index (χ1) is 7.88. The van der Waals surface area contributed by atoms with Crippen molar-refractivity contribution < 1.29 is 4.74 Å². The number of hydrogen-bond acceptors (Lipinski definition) is 3. The van der Waals surface area contributed by atoms with Gasteiger partial charge < -0.3 is 4.74 Å². The molecule has 0 aliphatic rings. The van der Waals surface area contributed by atoms with Gasteiger partial charge in [-0.3, -0.25) is 9.67 Å². The van der Waals surface area contributed by atoms with E-state index in [1.165, 1.54) is 5.56 Å². The van der Waals surface area contributed by atoms with Crippen LogP contribution in [0.4, 0.5) is 0 Å². The van der Waals surface area contributed by atoms with Crippen LogP contribution in [-0.4, -0.2) is 21.4 Å². The Hall–Kier alpha value is -1.84. The lowest BCUT2D eigenvalue weighted by atomic mass is 10.2. The topological polar surface area (TPSA) is 39.9 Å². The molecule has 0 spiro atoms. The van der Waals surface area contributed by atoms with Gasteiger partial charge in [-0.05, 0) is 24.6 Å². The van der Waals surface area contributed by atoms with Crippen molar-refractivity contribution in [3.8, 4) is 5.75 Å². The molecule has 4 heteroatoms. The second kappa shape index (κ2) is 5.30. The number of pyridine rings is 1. The van der Waals surface area contributed by atoms with Gasteiger partial charge in [-0.15, -0.1) is 0 Å². The van der Waals surface area contributed by atoms with E-state index in [2.05, 4.69) is 10.1 Å². The van der Waals surface area contributed by atoms with E-state index in [4.69, 9.17) is 4.74 Å². The zero-order valence-electron chi connectivity index (χ0n) is 9.34. The summed E-state index contributed by atoms with van der Waals surface area (Å²) in [6, 6.07) is 4.00. The number of hydrogen-bond donors (Lipinski definition) is 0. The highest BCUT2D eigenvalue weighted by atomic mass is 16.5. The fourth-order valence-corrected chi connectivity index (χ4v) is 1.43. The molecule has 16 heavy (non-hydrogen) atoms. The molecular weight excluding hydrogens is 202 g/mol. The van der Waals surface area contributed by atoms with Gasteiger partial charge in [0.05, 0.1) is 19.0 Å². The summed E-state index contributed by atoms with van der Waals surface area (Å²) in [4.78, 5) is 3.97. The van der Waals surface area contributed by atoms with Crippen molar-refractivity contribution in [1.29, 1.82) is 0 Å². The van der Waals surface area contributed by atoms with Gasteiger partial charge >= 0.3 is 0 Å². The van der Waals surface area contributed by atoms with Gasteiger partial charge in [0, 0.05) is 25.4 Å². The van der Waals surface area contributed by atoms with E-state index in [1.54, 1.807) is 18.6 Å². The minimum atomic E-state index is 0.666. The maximum absolute atomic E-state index is 5.59. The van der Waals surface area contributed by atoms with E-state index in [9.17, 15) is 0 Å². The van der Waals surface area contributed by atoms with Crippen LogP contribution >= 0.6 is 0 Å². The predicted octanol–water partition coefficient (Wildman–Crippen LogP) is 1.92.